The SMILES string of the molecule is Cc1ccc2c(n1)oc1c(-c3cc(C(C)C)[c]([Ge]([CH3])([CH3])[CH3])cn3)[c-]ccc12.[2H]C(C)(C)c1cc(-c2ccccc2)cc(C([2H])(C)C)c1-n1c(-c2[c-]cccc2)nc2ccccc21.[Ir]. The van der Waals surface area contributed by atoms with Crippen molar-refractivity contribution in [1.82, 2.24) is 19.5 Å². The standard InChI is InChI=1S/C31H29N2.C23H25GeN2O.Ir/c1-21(2)26-19-25(23-13-7-5-8-14-23)20-27(22(3)4)30(26)33-29-18-12-11-17-28(29)32-31(33)24-15-9-6-10-16-24;1-14(2)19-12-21(25-13-20(19)24(4,5)6)18-9-7-8-16-17-11-10-15(3)26-23(17)27-22(16)18;/h5-15,17-22H,1-4H3;7-8,10-14H,1-6H3;/q2*-1;/i21D,22D;;. The van der Waals surface area contributed by atoms with E-state index in [0.717, 1.165) is 83.7 Å². The second-order valence-electron chi connectivity index (χ2n) is 17.4. The van der Waals surface area contributed by atoms with Crippen LogP contribution in [0, 0.1) is 19.1 Å². The van der Waals surface area contributed by atoms with Crippen molar-refractivity contribution >= 4 is 50.8 Å². The minimum Gasteiger partial charge on any atom is -0.333 e. The van der Waals surface area contributed by atoms with E-state index in [4.69, 9.17) is 17.1 Å². The molecule has 1 radical (unpaired) electrons. The van der Waals surface area contributed by atoms with Crippen LogP contribution in [0.15, 0.2) is 132 Å². The van der Waals surface area contributed by atoms with E-state index in [9.17, 15) is 0 Å². The van der Waals surface area contributed by atoms with Crippen molar-refractivity contribution < 1.29 is 27.3 Å². The molecule has 61 heavy (non-hydrogen) atoms. The molecule has 7 heteroatoms. The van der Waals surface area contributed by atoms with Crippen LogP contribution in [0.4, 0.5) is 0 Å². The van der Waals surface area contributed by atoms with Crippen LogP contribution in [0.25, 0.3) is 72.6 Å². The van der Waals surface area contributed by atoms with Gasteiger partial charge in [-0.05, 0) is 58.3 Å². The number of rotatable bonds is 8. The Hall–Kier alpha value is -5.14. The number of hydrogen-bond acceptors (Lipinski definition) is 4. The number of nitrogens with zero attached hydrogens (tertiary/aromatic N) is 4. The van der Waals surface area contributed by atoms with Gasteiger partial charge < -0.3 is 4.57 Å². The molecule has 0 bridgehead atoms. The van der Waals surface area contributed by atoms with Crippen molar-refractivity contribution in [1.29, 1.82) is 0 Å². The molecular weight excluding hydrogens is 985 g/mol. The fourth-order valence-electron chi connectivity index (χ4n) is 8.02. The summed E-state index contributed by atoms with van der Waals surface area (Å²) < 4.78 is 28.1. The Morgan fingerprint density at radius 3 is 2.03 bits per heavy atom. The fourth-order valence-corrected chi connectivity index (χ4v) is 11.5. The number of furan rings is 1. The summed E-state index contributed by atoms with van der Waals surface area (Å²) in [5.41, 5.74) is 13.0. The molecule has 0 atom stereocenters. The van der Waals surface area contributed by atoms with Gasteiger partial charge in [-0.2, -0.15) is 0 Å². The predicted octanol–water partition coefficient (Wildman–Crippen LogP) is 14.2. The maximum absolute atomic E-state index is 9.16. The van der Waals surface area contributed by atoms with E-state index >= 15 is 0 Å². The molecule has 0 saturated carbocycles. The van der Waals surface area contributed by atoms with E-state index in [0.29, 0.717) is 11.6 Å². The topological polar surface area (TPSA) is 56.7 Å². The summed E-state index contributed by atoms with van der Waals surface area (Å²) in [5.74, 6) is 6.65. The number of pyridine rings is 2. The summed E-state index contributed by atoms with van der Waals surface area (Å²) in [6.45, 7) is 14.1. The van der Waals surface area contributed by atoms with Crippen molar-refractivity contribution in [2.75, 3.05) is 0 Å². The van der Waals surface area contributed by atoms with Gasteiger partial charge in [0, 0.05) is 28.5 Å². The monoisotopic (exact) mass is 1040 g/mol. The quantitative estimate of drug-likeness (QED) is 0.112. The number of hydrogen-bond donors (Lipinski definition) is 0. The van der Waals surface area contributed by atoms with Gasteiger partial charge in [-0.3, -0.25) is 4.98 Å². The van der Waals surface area contributed by atoms with Gasteiger partial charge >= 0.3 is 163 Å². The predicted molar refractivity (Wildman–Crippen MR) is 254 cm³/mol. The number of benzene rings is 5. The molecule has 0 N–H and O–H groups in total. The molecule has 0 aliphatic carbocycles. The van der Waals surface area contributed by atoms with Crippen molar-refractivity contribution in [2.24, 2.45) is 0 Å². The summed E-state index contributed by atoms with van der Waals surface area (Å²) in [4.78, 5) is 14.4. The van der Waals surface area contributed by atoms with Gasteiger partial charge in [0.2, 0.25) is 0 Å². The van der Waals surface area contributed by atoms with E-state index < -0.39 is 25.1 Å². The third-order valence-electron chi connectivity index (χ3n) is 11.1. The van der Waals surface area contributed by atoms with E-state index in [2.05, 4.69) is 101 Å². The fraction of sp³-hybridized carbons (Fsp3) is 0.241. The van der Waals surface area contributed by atoms with Gasteiger partial charge in [-0.25, -0.2) is 0 Å². The minimum atomic E-state index is -1.99. The van der Waals surface area contributed by atoms with Crippen LogP contribution in [0.2, 0.25) is 17.3 Å². The second kappa shape index (κ2) is 18.1. The Bertz CT molecular complexity index is 3030. The molecule has 311 valence electrons. The average Bonchev–Trinajstić information content (AvgIpc) is 3.81. The largest absolute Gasteiger partial charge is 0.333 e. The van der Waals surface area contributed by atoms with Crippen LogP contribution in [-0.2, 0) is 20.1 Å². The van der Waals surface area contributed by atoms with Crippen LogP contribution in [0.3, 0.4) is 0 Å². The summed E-state index contributed by atoms with van der Waals surface area (Å²) in [7, 11) is 0. The number of aromatic nitrogens is 4. The van der Waals surface area contributed by atoms with Gasteiger partial charge in [-0.1, -0.05) is 70.2 Å². The molecule has 0 fully saturated rings. The second-order valence-corrected chi connectivity index (χ2v) is 28.0. The average molecular weight is 1040 g/mol. The van der Waals surface area contributed by atoms with Crippen LogP contribution < -0.4 is 4.40 Å². The van der Waals surface area contributed by atoms with Crippen molar-refractivity contribution in [3.05, 3.63) is 162 Å². The zero-order chi connectivity index (χ0) is 44.1. The van der Waals surface area contributed by atoms with Crippen molar-refractivity contribution in [2.45, 2.75) is 83.4 Å². The molecule has 0 aliphatic heterocycles. The maximum atomic E-state index is 9.16. The number of aryl methyl sites for hydroxylation is 1. The Balaban J connectivity index is 0.000000192. The molecule has 5 nitrogen and oxygen atoms in total. The van der Waals surface area contributed by atoms with E-state index in [-0.39, 0.29) is 20.1 Å². The van der Waals surface area contributed by atoms with Crippen molar-refractivity contribution in [3.63, 3.8) is 0 Å². The molecule has 4 heterocycles. The first-order chi connectivity index (χ1) is 29.4. The molecule has 5 aromatic carbocycles. The third kappa shape index (κ3) is 8.82. The molecule has 0 unspecified atom stereocenters. The Morgan fingerprint density at radius 2 is 1.38 bits per heavy atom. The first kappa shape index (κ1) is 41.2. The molecule has 4 aromatic heterocycles. The summed E-state index contributed by atoms with van der Waals surface area (Å²) in [6, 6.07) is 47.3. The first-order valence-corrected chi connectivity index (χ1v) is 28.1. The molecule has 0 aliphatic rings. The summed E-state index contributed by atoms with van der Waals surface area (Å²) in [6.07, 6.45) is 2.10. The molecular formula is C54H54GeIrN4O-2. The third-order valence-corrected chi connectivity index (χ3v) is 15.4. The van der Waals surface area contributed by atoms with E-state index in [1.54, 1.807) is 0 Å². The normalized spacial score (nSPS) is 12.6. The van der Waals surface area contributed by atoms with Gasteiger partial charge in [0.25, 0.3) is 0 Å². The van der Waals surface area contributed by atoms with Crippen LogP contribution in [-0.4, -0.2) is 32.8 Å². The number of para-hydroxylation sites is 2. The Morgan fingerprint density at radius 1 is 0.689 bits per heavy atom. The molecule has 9 rings (SSSR count). The van der Waals surface area contributed by atoms with Crippen LogP contribution in [0.1, 0.15) is 84.4 Å². The Labute approximate surface area is 380 Å². The van der Waals surface area contributed by atoms with Crippen LogP contribution in [0.5, 0.6) is 0 Å². The zero-order valence-electron chi connectivity index (χ0n) is 38.7. The van der Waals surface area contributed by atoms with E-state index in [1.165, 1.54) is 9.96 Å². The number of imidazole rings is 1. The first-order valence-electron chi connectivity index (χ1n) is 21.8. The van der Waals surface area contributed by atoms with Crippen LogP contribution >= 0.6 is 0 Å². The van der Waals surface area contributed by atoms with Gasteiger partial charge in [0.1, 0.15) is 0 Å². The molecule has 0 saturated heterocycles. The van der Waals surface area contributed by atoms with Gasteiger partial charge in [-0.15, -0.1) is 35.9 Å². The van der Waals surface area contributed by atoms with E-state index in [1.807, 2.05) is 113 Å². The van der Waals surface area contributed by atoms with Gasteiger partial charge in [0.15, 0.2) is 0 Å². The maximum Gasteiger partial charge on any atom is 0.0774 e. The summed E-state index contributed by atoms with van der Waals surface area (Å²) >= 11 is -1.99. The van der Waals surface area contributed by atoms with Gasteiger partial charge in [0.05, 0.1) is 16.9 Å². The Kier molecular flexibility index (Phi) is 12.2. The number of fused-ring (bicyclic) bond motifs is 4. The summed E-state index contributed by atoms with van der Waals surface area (Å²) in [5, 5.41) is 2.10. The molecule has 0 amide bonds. The molecule has 9 aromatic rings. The smallest absolute Gasteiger partial charge is 0.0774 e. The minimum absolute atomic E-state index is 0. The van der Waals surface area contributed by atoms with Crippen molar-refractivity contribution in [3.8, 4) is 39.5 Å². The zero-order valence-corrected chi connectivity index (χ0v) is 41.2. The molecule has 0 spiro atoms.